The van der Waals surface area contributed by atoms with E-state index < -0.39 is 6.10 Å². The summed E-state index contributed by atoms with van der Waals surface area (Å²) in [5.41, 5.74) is 4.83. The molecule has 0 aliphatic carbocycles. The monoisotopic (exact) mass is 401 g/mol. The van der Waals surface area contributed by atoms with E-state index in [1.807, 2.05) is 30.3 Å². The molecular weight excluding hydrogens is 370 g/mol. The van der Waals surface area contributed by atoms with Crippen molar-refractivity contribution in [3.63, 3.8) is 0 Å². The second kappa shape index (κ2) is 10.4. The summed E-state index contributed by atoms with van der Waals surface area (Å²) in [6.45, 7) is 3.30. The Hall–Kier alpha value is -2.62. The normalized spacial score (nSPS) is 16.6. The van der Waals surface area contributed by atoms with Gasteiger partial charge < -0.3 is 14.7 Å². The first-order chi connectivity index (χ1) is 14.8. The Morgan fingerprint density at radius 3 is 2.37 bits per heavy atom. The lowest BCUT2D eigenvalue weighted by Gasteiger charge is -2.22. The molecule has 0 aromatic heterocycles. The van der Waals surface area contributed by atoms with Crippen LogP contribution in [0.3, 0.4) is 0 Å². The topological polar surface area (TPSA) is 32.7 Å². The molecule has 0 saturated heterocycles. The Bertz CT molecular complexity index is 911. The number of nitrogens with zero attached hydrogens (tertiary/aromatic N) is 1. The van der Waals surface area contributed by atoms with Gasteiger partial charge in [-0.1, -0.05) is 66.7 Å². The number of aryl methyl sites for hydroxylation is 1. The molecule has 1 aliphatic rings. The number of hydrogen-bond acceptors (Lipinski definition) is 3. The Labute approximate surface area is 179 Å². The van der Waals surface area contributed by atoms with Crippen molar-refractivity contribution in [3.8, 4) is 5.75 Å². The standard InChI is InChI=1S/C27H31NO2/c29-27-20-28(17-8-7-11-22-9-3-1-4-10-22)18-16-24-19-25(14-15-26(24)27)30-21-23-12-5-2-6-13-23/h1-6,9-10,12-15,19,27,29H,7-8,11,16-18,20-21H2. The quantitative estimate of drug-likeness (QED) is 0.528. The largest absolute Gasteiger partial charge is 0.489 e. The highest BCUT2D eigenvalue weighted by Gasteiger charge is 2.21. The molecule has 0 amide bonds. The number of aliphatic hydroxyl groups is 1. The van der Waals surface area contributed by atoms with E-state index in [9.17, 15) is 5.11 Å². The van der Waals surface area contributed by atoms with Gasteiger partial charge >= 0.3 is 0 Å². The maximum Gasteiger partial charge on any atom is 0.120 e. The maximum atomic E-state index is 10.8. The van der Waals surface area contributed by atoms with Gasteiger partial charge in [-0.25, -0.2) is 0 Å². The molecule has 1 aliphatic heterocycles. The van der Waals surface area contributed by atoms with Gasteiger partial charge in [0.2, 0.25) is 0 Å². The highest BCUT2D eigenvalue weighted by atomic mass is 16.5. The van der Waals surface area contributed by atoms with Crippen molar-refractivity contribution in [2.45, 2.75) is 38.4 Å². The zero-order valence-corrected chi connectivity index (χ0v) is 17.5. The zero-order chi connectivity index (χ0) is 20.6. The predicted octanol–water partition coefficient (Wildman–Crippen LogP) is 5.18. The van der Waals surface area contributed by atoms with E-state index in [0.717, 1.165) is 49.2 Å². The Morgan fingerprint density at radius 2 is 1.60 bits per heavy atom. The van der Waals surface area contributed by atoms with Crippen LogP contribution in [0.15, 0.2) is 78.9 Å². The van der Waals surface area contributed by atoms with Gasteiger partial charge in [0.1, 0.15) is 12.4 Å². The van der Waals surface area contributed by atoms with Crippen LogP contribution in [0.4, 0.5) is 0 Å². The van der Waals surface area contributed by atoms with E-state index in [1.165, 1.54) is 17.5 Å². The van der Waals surface area contributed by atoms with E-state index in [2.05, 4.69) is 53.4 Å². The molecular formula is C27H31NO2. The van der Waals surface area contributed by atoms with Gasteiger partial charge in [0, 0.05) is 13.1 Å². The third kappa shape index (κ3) is 5.71. The zero-order valence-electron chi connectivity index (χ0n) is 17.5. The van der Waals surface area contributed by atoms with Gasteiger partial charge in [0.25, 0.3) is 0 Å². The molecule has 0 saturated carbocycles. The van der Waals surface area contributed by atoms with Crippen LogP contribution in [0.2, 0.25) is 0 Å². The summed E-state index contributed by atoms with van der Waals surface area (Å²) in [5.74, 6) is 0.876. The summed E-state index contributed by atoms with van der Waals surface area (Å²) < 4.78 is 5.99. The number of unbranched alkanes of at least 4 members (excludes halogenated alkanes) is 1. The summed E-state index contributed by atoms with van der Waals surface area (Å²) in [7, 11) is 0. The fourth-order valence-corrected chi connectivity index (χ4v) is 4.18. The minimum Gasteiger partial charge on any atom is -0.489 e. The molecule has 0 spiro atoms. The van der Waals surface area contributed by atoms with Gasteiger partial charge in [-0.05, 0) is 66.6 Å². The predicted molar refractivity (Wildman–Crippen MR) is 122 cm³/mol. The van der Waals surface area contributed by atoms with Crippen molar-refractivity contribution in [1.29, 1.82) is 0 Å². The Kier molecular flexibility index (Phi) is 7.17. The third-order valence-corrected chi connectivity index (χ3v) is 5.88. The van der Waals surface area contributed by atoms with Gasteiger partial charge in [-0.15, -0.1) is 0 Å². The van der Waals surface area contributed by atoms with Crippen molar-refractivity contribution in [1.82, 2.24) is 4.90 Å². The Morgan fingerprint density at radius 1 is 0.867 bits per heavy atom. The average molecular weight is 402 g/mol. The molecule has 0 fully saturated rings. The van der Waals surface area contributed by atoms with Gasteiger partial charge in [-0.3, -0.25) is 0 Å². The molecule has 3 heteroatoms. The van der Waals surface area contributed by atoms with Crippen LogP contribution in [0.5, 0.6) is 5.75 Å². The molecule has 0 bridgehead atoms. The van der Waals surface area contributed by atoms with Crippen LogP contribution in [-0.2, 0) is 19.4 Å². The number of rotatable bonds is 8. The van der Waals surface area contributed by atoms with Crippen molar-refractivity contribution >= 4 is 0 Å². The number of ether oxygens (including phenoxy) is 1. The molecule has 3 aromatic carbocycles. The second-order valence-corrected chi connectivity index (χ2v) is 8.14. The van der Waals surface area contributed by atoms with E-state index in [0.29, 0.717) is 13.2 Å². The summed E-state index contributed by atoms with van der Waals surface area (Å²) in [6, 6.07) is 27.0. The second-order valence-electron chi connectivity index (χ2n) is 8.14. The minimum atomic E-state index is -0.431. The average Bonchev–Trinajstić information content (AvgIpc) is 2.95. The lowest BCUT2D eigenvalue weighted by molar-refractivity contribution is 0.119. The molecule has 1 unspecified atom stereocenters. The van der Waals surface area contributed by atoms with Crippen LogP contribution >= 0.6 is 0 Å². The van der Waals surface area contributed by atoms with Crippen molar-refractivity contribution in [2.24, 2.45) is 0 Å². The van der Waals surface area contributed by atoms with E-state index in [1.54, 1.807) is 0 Å². The third-order valence-electron chi connectivity index (χ3n) is 5.88. The van der Waals surface area contributed by atoms with Crippen LogP contribution in [0.1, 0.15) is 41.2 Å². The SMILES string of the molecule is OC1CN(CCCCc2ccccc2)CCc2cc(OCc3ccccc3)ccc21. The molecule has 4 rings (SSSR count). The lowest BCUT2D eigenvalue weighted by atomic mass is 10.0. The smallest absolute Gasteiger partial charge is 0.120 e. The molecule has 1 atom stereocenters. The summed E-state index contributed by atoms with van der Waals surface area (Å²) in [5, 5.41) is 10.8. The summed E-state index contributed by atoms with van der Waals surface area (Å²) in [4.78, 5) is 2.40. The van der Waals surface area contributed by atoms with Crippen molar-refractivity contribution in [2.75, 3.05) is 19.6 Å². The molecule has 156 valence electrons. The summed E-state index contributed by atoms with van der Waals surface area (Å²) in [6.07, 6.45) is 3.98. The summed E-state index contributed by atoms with van der Waals surface area (Å²) >= 11 is 0. The number of hydrogen-bond donors (Lipinski definition) is 1. The number of β-amino-alcohol motifs (C(OH)–C–C–N with tert-alkyl or cyclic N) is 1. The van der Waals surface area contributed by atoms with Gasteiger partial charge in [-0.2, -0.15) is 0 Å². The molecule has 1 N–H and O–H groups in total. The highest BCUT2D eigenvalue weighted by Crippen LogP contribution is 2.28. The van der Waals surface area contributed by atoms with E-state index >= 15 is 0 Å². The van der Waals surface area contributed by atoms with Crippen molar-refractivity contribution < 1.29 is 9.84 Å². The highest BCUT2D eigenvalue weighted by molar-refractivity contribution is 5.38. The van der Waals surface area contributed by atoms with Crippen LogP contribution in [-0.4, -0.2) is 29.6 Å². The fraction of sp³-hybridized carbons (Fsp3) is 0.333. The minimum absolute atomic E-state index is 0.431. The van der Waals surface area contributed by atoms with Crippen LogP contribution < -0.4 is 4.74 Å². The van der Waals surface area contributed by atoms with Crippen molar-refractivity contribution in [3.05, 3.63) is 101 Å². The number of fused-ring (bicyclic) bond motifs is 1. The number of aliphatic hydroxyl groups excluding tert-OH is 1. The number of benzene rings is 3. The molecule has 3 aromatic rings. The van der Waals surface area contributed by atoms with Gasteiger partial charge in [0.15, 0.2) is 0 Å². The van der Waals surface area contributed by atoms with E-state index in [-0.39, 0.29) is 0 Å². The Balaban J connectivity index is 1.29. The first-order valence-corrected chi connectivity index (χ1v) is 11.0. The fourth-order valence-electron chi connectivity index (χ4n) is 4.18. The van der Waals surface area contributed by atoms with Crippen LogP contribution in [0.25, 0.3) is 0 Å². The molecule has 3 nitrogen and oxygen atoms in total. The molecule has 30 heavy (non-hydrogen) atoms. The lowest BCUT2D eigenvalue weighted by Crippen LogP contribution is -2.29. The van der Waals surface area contributed by atoms with Gasteiger partial charge in [0.05, 0.1) is 6.10 Å². The molecule has 1 heterocycles. The van der Waals surface area contributed by atoms with E-state index in [4.69, 9.17) is 4.74 Å². The maximum absolute atomic E-state index is 10.8. The van der Waals surface area contributed by atoms with Crippen LogP contribution in [0, 0.1) is 0 Å². The molecule has 0 radical (unpaired) electrons. The first-order valence-electron chi connectivity index (χ1n) is 11.0. The first kappa shape index (κ1) is 20.6.